The van der Waals surface area contributed by atoms with Gasteiger partial charge in [0.2, 0.25) is 0 Å². The SMILES string of the molecule is CCCCOCCCC(O)C(CC)CO.CCCCOCCCC(O)C(CC)CO.[H+].[H+].[Ti]. The summed E-state index contributed by atoms with van der Waals surface area (Å²) in [6.07, 6.45) is 8.63. The molecule has 4 unspecified atom stereocenters. The maximum absolute atomic E-state index is 9.70. The third kappa shape index (κ3) is 23.4. The minimum Gasteiger partial charge on any atom is -0.396 e. The molecule has 0 bridgehead atoms. The molecule has 6 nitrogen and oxygen atoms in total. The van der Waals surface area contributed by atoms with Crippen LogP contribution < -0.4 is 0 Å². The monoisotopic (exact) mass is 486 g/mol. The Morgan fingerprint density at radius 3 is 1.19 bits per heavy atom. The maximum Gasteiger partial charge on any atom is 1.00 e. The standard InChI is InChI=1S/2C12H26O3.Ti/c2*1-3-5-8-15-9-6-7-12(14)11(4-2)10-13;/h2*11-14H,3-10H2,1-2H3;/p+2. The molecule has 0 spiro atoms. The predicted octanol–water partition coefficient (Wildman–Crippen LogP) is 4.15. The molecular formula is C24H54O6Ti+2. The molecule has 0 fully saturated rings. The van der Waals surface area contributed by atoms with Crippen molar-refractivity contribution < 1.29 is 54.5 Å². The van der Waals surface area contributed by atoms with Crippen LogP contribution in [0.3, 0.4) is 0 Å². The van der Waals surface area contributed by atoms with E-state index in [1.807, 2.05) is 13.8 Å². The Bertz CT molecular complexity index is 295. The number of unbranched alkanes of at least 4 members (excludes halogenated alkanes) is 2. The fraction of sp³-hybridized carbons (Fsp3) is 1.00. The molecule has 0 heterocycles. The largest absolute Gasteiger partial charge is 1.00 e. The van der Waals surface area contributed by atoms with E-state index in [9.17, 15) is 10.2 Å². The summed E-state index contributed by atoms with van der Waals surface area (Å²) in [6.45, 7) is 11.5. The molecule has 0 saturated carbocycles. The van der Waals surface area contributed by atoms with Crippen molar-refractivity contribution in [1.82, 2.24) is 0 Å². The first-order chi connectivity index (χ1) is 14.5. The second-order valence-electron chi connectivity index (χ2n) is 8.05. The summed E-state index contributed by atoms with van der Waals surface area (Å²) in [5, 5.41) is 37.3. The van der Waals surface area contributed by atoms with Gasteiger partial charge in [-0.05, 0) is 51.4 Å². The first-order valence-electron chi connectivity index (χ1n) is 12.2. The molecule has 7 heteroatoms. The zero-order valence-electron chi connectivity index (χ0n) is 22.7. The molecule has 0 saturated heterocycles. The van der Waals surface area contributed by atoms with Crippen LogP contribution in [0.2, 0.25) is 0 Å². The van der Waals surface area contributed by atoms with Crippen LogP contribution >= 0.6 is 0 Å². The van der Waals surface area contributed by atoms with Crippen molar-refractivity contribution in [2.45, 2.75) is 104 Å². The van der Waals surface area contributed by atoms with Gasteiger partial charge in [0.1, 0.15) is 0 Å². The van der Waals surface area contributed by atoms with E-state index in [0.29, 0.717) is 0 Å². The number of ether oxygens (including phenoxy) is 2. The predicted molar refractivity (Wildman–Crippen MR) is 126 cm³/mol. The van der Waals surface area contributed by atoms with Crippen molar-refractivity contribution in [2.75, 3.05) is 39.6 Å². The summed E-state index contributed by atoms with van der Waals surface area (Å²) in [7, 11) is 0. The maximum atomic E-state index is 9.70. The summed E-state index contributed by atoms with van der Waals surface area (Å²) in [6, 6.07) is 0. The second-order valence-corrected chi connectivity index (χ2v) is 8.05. The first kappa shape index (κ1) is 36.1. The number of aliphatic hydroxyl groups is 4. The zero-order chi connectivity index (χ0) is 23.0. The zero-order valence-corrected chi connectivity index (χ0v) is 22.3. The van der Waals surface area contributed by atoms with Gasteiger partial charge in [0.25, 0.3) is 0 Å². The second kappa shape index (κ2) is 28.5. The summed E-state index contributed by atoms with van der Waals surface area (Å²) in [5.41, 5.74) is 0. The van der Waals surface area contributed by atoms with Gasteiger partial charge >= 0.3 is 2.85 Å². The Hall–Kier alpha value is 0.474. The minimum absolute atomic E-state index is 0. The van der Waals surface area contributed by atoms with Crippen molar-refractivity contribution in [2.24, 2.45) is 11.8 Å². The van der Waals surface area contributed by atoms with Gasteiger partial charge in [0.05, 0.1) is 12.2 Å². The number of aliphatic hydroxyl groups excluding tert-OH is 4. The summed E-state index contributed by atoms with van der Waals surface area (Å²) in [4.78, 5) is 0. The van der Waals surface area contributed by atoms with E-state index >= 15 is 0 Å². The Kier molecular flexibility index (Phi) is 33.2. The summed E-state index contributed by atoms with van der Waals surface area (Å²) >= 11 is 0. The van der Waals surface area contributed by atoms with Crippen LogP contribution in [0.1, 0.15) is 94.8 Å². The number of hydrogen-bond acceptors (Lipinski definition) is 6. The Morgan fingerprint density at radius 1 is 0.613 bits per heavy atom. The summed E-state index contributed by atoms with van der Waals surface area (Å²) in [5.74, 6) is 0.0567. The fourth-order valence-corrected chi connectivity index (χ4v) is 3.00. The van der Waals surface area contributed by atoms with Gasteiger partial charge in [0, 0.05) is 73.2 Å². The minimum atomic E-state index is -0.380. The Morgan fingerprint density at radius 2 is 0.935 bits per heavy atom. The van der Waals surface area contributed by atoms with Crippen LogP contribution in [-0.4, -0.2) is 72.3 Å². The molecule has 0 aliphatic rings. The molecule has 0 aliphatic heterocycles. The summed E-state index contributed by atoms with van der Waals surface area (Å²) < 4.78 is 10.8. The van der Waals surface area contributed by atoms with Crippen molar-refractivity contribution in [1.29, 1.82) is 0 Å². The average molecular weight is 487 g/mol. The normalized spacial score (nSPS) is 14.7. The molecule has 0 aromatic rings. The van der Waals surface area contributed by atoms with Crippen LogP contribution in [-0.2, 0) is 31.2 Å². The molecular weight excluding hydrogens is 432 g/mol. The van der Waals surface area contributed by atoms with Crippen LogP contribution in [0.15, 0.2) is 0 Å². The molecule has 0 radical (unpaired) electrons. The van der Waals surface area contributed by atoms with Crippen molar-refractivity contribution in [3.05, 3.63) is 0 Å². The molecule has 0 aromatic heterocycles. The van der Waals surface area contributed by atoms with Gasteiger partial charge in [-0.3, -0.25) is 0 Å². The molecule has 0 rings (SSSR count). The molecule has 4 atom stereocenters. The van der Waals surface area contributed by atoms with Crippen molar-refractivity contribution in [3.8, 4) is 0 Å². The quantitative estimate of drug-likeness (QED) is 0.152. The smallest absolute Gasteiger partial charge is 0.396 e. The van der Waals surface area contributed by atoms with E-state index in [1.165, 1.54) is 0 Å². The molecule has 0 aromatic carbocycles. The van der Waals surface area contributed by atoms with Crippen molar-refractivity contribution in [3.63, 3.8) is 0 Å². The van der Waals surface area contributed by atoms with E-state index in [-0.39, 0.29) is 61.8 Å². The third-order valence-electron chi connectivity index (χ3n) is 5.47. The van der Waals surface area contributed by atoms with E-state index in [2.05, 4.69) is 13.8 Å². The van der Waals surface area contributed by atoms with Gasteiger partial charge in [-0.25, -0.2) is 0 Å². The van der Waals surface area contributed by atoms with Crippen LogP contribution in [0.5, 0.6) is 0 Å². The van der Waals surface area contributed by atoms with E-state index < -0.39 is 0 Å². The first-order valence-corrected chi connectivity index (χ1v) is 12.2. The van der Waals surface area contributed by atoms with E-state index in [1.54, 1.807) is 0 Å². The topological polar surface area (TPSA) is 99.4 Å². The molecule has 4 N–H and O–H groups in total. The van der Waals surface area contributed by atoms with Gasteiger partial charge < -0.3 is 29.9 Å². The Balaban J connectivity index is -0.000000145. The average Bonchev–Trinajstić information content (AvgIpc) is 2.75. The van der Waals surface area contributed by atoms with Gasteiger partial charge in [-0.15, -0.1) is 0 Å². The van der Waals surface area contributed by atoms with Crippen molar-refractivity contribution >= 4 is 0 Å². The van der Waals surface area contributed by atoms with Crippen LogP contribution in [0, 0.1) is 11.8 Å². The molecule has 0 amide bonds. The van der Waals surface area contributed by atoms with Crippen LogP contribution in [0.4, 0.5) is 0 Å². The van der Waals surface area contributed by atoms with Gasteiger partial charge in [-0.1, -0.05) is 40.5 Å². The number of rotatable bonds is 20. The molecule has 188 valence electrons. The Labute approximate surface area is 210 Å². The van der Waals surface area contributed by atoms with Gasteiger partial charge in [-0.2, -0.15) is 0 Å². The third-order valence-corrected chi connectivity index (χ3v) is 5.47. The van der Waals surface area contributed by atoms with E-state index in [0.717, 1.165) is 90.6 Å². The number of hydrogen-bond donors (Lipinski definition) is 4. The van der Waals surface area contributed by atoms with E-state index in [4.69, 9.17) is 19.7 Å². The fourth-order valence-electron chi connectivity index (χ4n) is 3.00. The molecule has 0 aliphatic carbocycles. The molecule has 31 heavy (non-hydrogen) atoms. The van der Waals surface area contributed by atoms with Crippen LogP contribution in [0.25, 0.3) is 0 Å². The van der Waals surface area contributed by atoms with Gasteiger partial charge in [0.15, 0.2) is 0 Å².